The molecule has 0 aliphatic carbocycles. The molecule has 1 aliphatic rings. The molecule has 1 fully saturated rings. The van der Waals surface area contributed by atoms with E-state index < -0.39 is 0 Å². The van der Waals surface area contributed by atoms with Gasteiger partial charge in [0.15, 0.2) is 0 Å². The third-order valence-electron chi connectivity index (χ3n) is 1.34. The highest BCUT2D eigenvalue weighted by Crippen LogP contribution is 1.95. The number of nitrogens with one attached hydrogen (secondary N) is 2. The largest absolute Gasteiger partial charge is 0.333 e. The molecule has 0 radical (unpaired) electrons. The number of carbonyl (C=O) groups excluding carboxylic acids is 2. The Labute approximate surface area is 52.6 Å². The lowest BCUT2D eigenvalue weighted by Crippen LogP contribution is -2.31. The van der Waals surface area contributed by atoms with Crippen LogP contribution in [0.2, 0.25) is 0 Å². The first kappa shape index (κ1) is 6.07. The number of rotatable bonds is 1. The van der Waals surface area contributed by atoms with E-state index in [0.29, 0.717) is 0 Å². The first-order valence-corrected chi connectivity index (χ1v) is 2.76. The maximum atomic E-state index is 10.4. The minimum atomic E-state index is -0.350. The van der Waals surface area contributed by atoms with Gasteiger partial charge in [-0.25, -0.2) is 4.79 Å². The second-order valence-electron chi connectivity index (χ2n) is 2.07. The fraction of sp³-hybridized carbons (Fsp3) is 0.600. The second kappa shape index (κ2) is 2.05. The molecule has 4 heteroatoms. The molecule has 2 amide bonds. The monoisotopic (exact) mass is 128 g/mol. The van der Waals surface area contributed by atoms with Crippen molar-refractivity contribution in [2.75, 3.05) is 0 Å². The average Bonchev–Trinajstić information content (AvgIpc) is 2.10. The van der Waals surface area contributed by atoms with E-state index in [0.717, 1.165) is 6.29 Å². The normalized spacial score (nSPS) is 33.2. The zero-order valence-electron chi connectivity index (χ0n) is 5.05. The summed E-state index contributed by atoms with van der Waals surface area (Å²) >= 11 is 0. The van der Waals surface area contributed by atoms with Crippen LogP contribution in [0.5, 0.6) is 0 Å². The molecule has 2 N–H and O–H groups in total. The van der Waals surface area contributed by atoms with E-state index in [9.17, 15) is 9.59 Å². The molecule has 0 aromatic carbocycles. The molecule has 0 aromatic rings. The van der Waals surface area contributed by atoms with Gasteiger partial charge in [-0.3, -0.25) is 0 Å². The number of aldehydes is 1. The number of hydrogen-bond acceptors (Lipinski definition) is 2. The average molecular weight is 128 g/mol. The van der Waals surface area contributed by atoms with Crippen LogP contribution in [-0.2, 0) is 4.79 Å². The maximum Gasteiger partial charge on any atom is 0.315 e. The molecule has 50 valence electrons. The molecule has 1 heterocycles. The van der Waals surface area contributed by atoms with Crippen LogP contribution in [0.15, 0.2) is 0 Å². The van der Waals surface area contributed by atoms with Gasteiger partial charge in [-0.05, 0) is 6.92 Å². The predicted molar refractivity (Wildman–Crippen MR) is 31.0 cm³/mol. The van der Waals surface area contributed by atoms with E-state index in [1.807, 2.05) is 0 Å². The van der Waals surface area contributed by atoms with Gasteiger partial charge in [-0.15, -0.1) is 0 Å². The Hall–Kier alpha value is -1.06. The topological polar surface area (TPSA) is 58.2 Å². The summed E-state index contributed by atoms with van der Waals surface area (Å²) in [5.74, 6) is 0. The SMILES string of the molecule is CC1NC(=O)NC1C=O. The number of urea groups is 1. The number of amides is 2. The van der Waals surface area contributed by atoms with Gasteiger partial charge in [0, 0.05) is 0 Å². The van der Waals surface area contributed by atoms with E-state index in [1.165, 1.54) is 0 Å². The predicted octanol–water partition coefficient (Wildman–Crippen LogP) is -0.745. The third kappa shape index (κ3) is 1.01. The molecule has 0 bridgehead atoms. The number of hydrogen-bond donors (Lipinski definition) is 2. The van der Waals surface area contributed by atoms with Gasteiger partial charge in [-0.1, -0.05) is 0 Å². The van der Waals surface area contributed by atoms with Crippen molar-refractivity contribution in [1.29, 1.82) is 0 Å². The fourth-order valence-corrected chi connectivity index (χ4v) is 0.766. The Morgan fingerprint density at radius 1 is 1.56 bits per heavy atom. The Balaban J connectivity index is 2.57. The van der Waals surface area contributed by atoms with Crippen molar-refractivity contribution in [1.82, 2.24) is 10.6 Å². The van der Waals surface area contributed by atoms with E-state index in [1.54, 1.807) is 6.92 Å². The summed E-state index contributed by atoms with van der Waals surface area (Å²) < 4.78 is 0. The molecule has 0 saturated carbocycles. The fourth-order valence-electron chi connectivity index (χ4n) is 0.766. The van der Waals surface area contributed by atoms with Crippen LogP contribution >= 0.6 is 0 Å². The van der Waals surface area contributed by atoms with Crippen molar-refractivity contribution in [3.8, 4) is 0 Å². The molecule has 0 spiro atoms. The summed E-state index contributed by atoms with van der Waals surface area (Å²) in [6, 6.07) is -0.688. The summed E-state index contributed by atoms with van der Waals surface area (Å²) in [5.41, 5.74) is 0. The van der Waals surface area contributed by atoms with Gasteiger partial charge in [0.1, 0.15) is 12.3 Å². The van der Waals surface area contributed by atoms with Crippen LogP contribution in [0.25, 0.3) is 0 Å². The van der Waals surface area contributed by atoms with Crippen LogP contribution < -0.4 is 10.6 Å². The molecule has 1 saturated heterocycles. The van der Waals surface area contributed by atoms with Crippen molar-refractivity contribution in [2.24, 2.45) is 0 Å². The van der Waals surface area contributed by atoms with E-state index in [2.05, 4.69) is 10.6 Å². The Morgan fingerprint density at radius 3 is 2.44 bits per heavy atom. The van der Waals surface area contributed by atoms with Gasteiger partial charge >= 0.3 is 6.03 Å². The highest BCUT2D eigenvalue weighted by molar-refractivity contribution is 5.82. The van der Waals surface area contributed by atoms with E-state index in [-0.39, 0.29) is 18.1 Å². The molecular weight excluding hydrogens is 120 g/mol. The summed E-state index contributed by atoms with van der Waals surface area (Å²) in [4.78, 5) is 20.6. The lowest BCUT2D eigenvalue weighted by molar-refractivity contribution is -0.109. The first-order chi connectivity index (χ1) is 4.24. The zero-order chi connectivity index (χ0) is 6.85. The molecule has 2 unspecified atom stereocenters. The second-order valence-corrected chi connectivity index (χ2v) is 2.07. The third-order valence-corrected chi connectivity index (χ3v) is 1.34. The Bertz CT molecular complexity index is 146. The highest BCUT2D eigenvalue weighted by Gasteiger charge is 2.26. The molecule has 1 rings (SSSR count). The standard InChI is InChI=1S/C5H8N2O2/c1-3-4(2-8)7-5(9)6-3/h2-4H,1H3,(H2,6,7,9). The minimum absolute atomic E-state index is 0.0741. The smallest absolute Gasteiger partial charge is 0.315 e. The van der Waals surface area contributed by atoms with Crippen LogP contribution in [-0.4, -0.2) is 24.4 Å². The van der Waals surface area contributed by atoms with Crippen molar-refractivity contribution < 1.29 is 9.59 Å². The molecule has 2 atom stereocenters. The van der Waals surface area contributed by atoms with Gasteiger partial charge in [0.25, 0.3) is 0 Å². The molecular formula is C5H8N2O2. The van der Waals surface area contributed by atoms with Crippen LogP contribution in [0.3, 0.4) is 0 Å². The molecule has 4 nitrogen and oxygen atoms in total. The lowest BCUT2D eigenvalue weighted by Gasteiger charge is -2.03. The molecule has 1 aliphatic heterocycles. The van der Waals surface area contributed by atoms with Crippen LogP contribution in [0.1, 0.15) is 6.92 Å². The highest BCUT2D eigenvalue weighted by atomic mass is 16.2. The van der Waals surface area contributed by atoms with Crippen molar-refractivity contribution in [3.63, 3.8) is 0 Å². The number of carbonyl (C=O) groups is 2. The first-order valence-electron chi connectivity index (χ1n) is 2.76. The summed E-state index contributed by atoms with van der Waals surface area (Å²) in [5, 5.41) is 4.97. The van der Waals surface area contributed by atoms with Crippen molar-refractivity contribution in [2.45, 2.75) is 19.0 Å². The zero-order valence-corrected chi connectivity index (χ0v) is 5.05. The minimum Gasteiger partial charge on any atom is -0.333 e. The van der Waals surface area contributed by atoms with E-state index in [4.69, 9.17) is 0 Å². The molecule has 0 aromatic heterocycles. The van der Waals surface area contributed by atoms with E-state index >= 15 is 0 Å². The van der Waals surface area contributed by atoms with Crippen molar-refractivity contribution in [3.05, 3.63) is 0 Å². The van der Waals surface area contributed by atoms with Gasteiger partial charge in [-0.2, -0.15) is 0 Å². The molecule has 9 heavy (non-hydrogen) atoms. The van der Waals surface area contributed by atoms with Crippen molar-refractivity contribution >= 4 is 12.3 Å². The van der Waals surface area contributed by atoms with Gasteiger partial charge in [0.05, 0.1) is 6.04 Å². The summed E-state index contributed by atoms with van der Waals surface area (Å²) in [6.07, 6.45) is 0.725. The van der Waals surface area contributed by atoms with Gasteiger partial charge in [0.2, 0.25) is 0 Å². The maximum absolute atomic E-state index is 10.4. The Kier molecular flexibility index (Phi) is 1.38. The van der Waals surface area contributed by atoms with Crippen LogP contribution in [0, 0.1) is 0 Å². The van der Waals surface area contributed by atoms with Crippen LogP contribution in [0.4, 0.5) is 4.79 Å². The summed E-state index contributed by atoms with van der Waals surface area (Å²) in [7, 11) is 0. The summed E-state index contributed by atoms with van der Waals surface area (Å²) in [6.45, 7) is 1.77. The Morgan fingerprint density at radius 2 is 2.22 bits per heavy atom. The lowest BCUT2D eigenvalue weighted by atomic mass is 10.2. The quantitative estimate of drug-likeness (QED) is 0.457. The van der Waals surface area contributed by atoms with Gasteiger partial charge < -0.3 is 15.4 Å².